The zero-order chi connectivity index (χ0) is 17.2. The Morgan fingerprint density at radius 3 is 2.64 bits per heavy atom. The van der Waals surface area contributed by atoms with Gasteiger partial charge >= 0.3 is 0 Å². The Morgan fingerprint density at radius 1 is 1.08 bits per heavy atom. The summed E-state index contributed by atoms with van der Waals surface area (Å²) in [6.07, 6.45) is 3.73. The van der Waals surface area contributed by atoms with Crippen LogP contribution in [-0.2, 0) is 0 Å². The highest BCUT2D eigenvalue weighted by Gasteiger charge is 2.19. The maximum absolute atomic E-state index is 12.6. The molecular weight excluding hydrogens is 336 g/mol. The lowest BCUT2D eigenvalue weighted by molar-refractivity contribution is 0.102. The molecule has 1 aliphatic rings. The summed E-state index contributed by atoms with van der Waals surface area (Å²) in [7, 11) is 0. The van der Waals surface area contributed by atoms with E-state index in [9.17, 15) is 4.79 Å². The first-order valence-corrected chi connectivity index (χ1v) is 8.66. The summed E-state index contributed by atoms with van der Waals surface area (Å²) in [4.78, 5) is 23.3. The summed E-state index contributed by atoms with van der Waals surface area (Å²) in [5.41, 5.74) is 0.910. The molecule has 1 aromatic heterocycles. The first-order chi connectivity index (χ1) is 12.2. The van der Waals surface area contributed by atoms with Crippen LogP contribution in [0.3, 0.4) is 0 Å². The van der Waals surface area contributed by atoms with Crippen LogP contribution in [0.2, 0.25) is 5.02 Å². The van der Waals surface area contributed by atoms with E-state index in [0.29, 0.717) is 11.6 Å². The summed E-state index contributed by atoms with van der Waals surface area (Å²) >= 11 is 6.15. The quantitative estimate of drug-likeness (QED) is 0.769. The SMILES string of the molecule is O=C(Nc1ccc2ccccc2c1)c1nc(N2CCCC2)ncc1Cl. The van der Waals surface area contributed by atoms with Gasteiger partial charge < -0.3 is 10.2 Å². The van der Waals surface area contributed by atoms with Gasteiger partial charge in [0, 0.05) is 18.8 Å². The first-order valence-electron chi connectivity index (χ1n) is 8.28. The fourth-order valence-corrected chi connectivity index (χ4v) is 3.22. The second kappa shape index (κ2) is 6.69. The van der Waals surface area contributed by atoms with E-state index < -0.39 is 0 Å². The molecule has 0 saturated carbocycles. The largest absolute Gasteiger partial charge is 0.341 e. The van der Waals surface area contributed by atoms with Crippen LogP contribution in [0, 0.1) is 0 Å². The van der Waals surface area contributed by atoms with Gasteiger partial charge in [-0.15, -0.1) is 0 Å². The second-order valence-electron chi connectivity index (χ2n) is 6.08. The van der Waals surface area contributed by atoms with Gasteiger partial charge in [0.25, 0.3) is 5.91 Å². The normalized spacial score (nSPS) is 14.0. The fraction of sp³-hybridized carbons (Fsp3) is 0.211. The van der Waals surface area contributed by atoms with Gasteiger partial charge in [0.1, 0.15) is 0 Å². The average molecular weight is 353 g/mol. The Balaban J connectivity index is 1.60. The lowest BCUT2D eigenvalue weighted by atomic mass is 10.1. The zero-order valence-corrected chi connectivity index (χ0v) is 14.3. The minimum absolute atomic E-state index is 0.201. The average Bonchev–Trinajstić information content (AvgIpc) is 3.16. The number of aromatic nitrogens is 2. The van der Waals surface area contributed by atoms with Crippen molar-refractivity contribution in [3.63, 3.8) is 0 Å². The summed E-state index contributed by atoms with van der Waals surface area (Å²) in [6, 6.07) is 13.8. The Hall–Kier alpha value is -2.66. The molecule has 0 radical (unpaired) electrons. The number of rotatable bonds is 3. The van der Waals surface area contributed by atoms with Crippen molar-refractivity contribution >= 4 is 39.9 Å². The molecule has 1 amide bonds. The minimum atomic E-state index is -0.330. The summed E-state index contributed by atoms with van der Waals surface area (Å²) < 4.78 is 0. The highest BCUT2D eigenvalue weighted by molar-refractivity contribution is 6.34. The van der Waals surface area contributed by atoms with Gasteiger partial charge in [0.15, 0.2) is 5.69 Å². The number of halogens is 1. The van der Waals surface area contributed by atoms with Gasteiger partial charge in [-0.2, -0.15) is 0 Å². The fourth-order valence-electron chi connectivity index (χ4n) is 3.04. The molecule has 3 aromatic rings. The van der Waals surface area contributed by atoms with E-state index in [-0.39, 0.29) is 16.6 Å². The van der Waals surface area contributed by atoms with Gasteiger partial charge in [-0.25, -0.2) is 9.97 Å². The van der Waals surface area contributed by atoms with Crippen LogP contribution in [0.15, 0.2) is 48.7 Å². The lowest BCUT2D eigenvalue weighted by Gasteiger charge is -2.16. The molecule has 1 saturated heterocycles. The van der Waals surface area contributed by atoms with Crippen LogP contribution < -0.4 is 10.2 Å². The Labute approximate surface area is 150 Å². The number of carbonyl (C=O) groups is 1. The zero-order valence-electron chi connectivity index (χ0n) is 13.6. The van der Waals surface area contributed by atoms with E-state index in [1.807, 2.05) is 42.5 Å². The predicted molar refractivity (Wildman–Crippen MR) is 100 cm³/mol. The maximum atomic E-state index is 12.6. The number of nitrogens with zero attached hydrogens (tertiary/aromatic N) is 3. The van der Waals surface area contributed by atoms with E-state index in [2.05, 4.69) is 20.2 Å². The van der Waals surface area contributed by atoms with Crippen LogP contribution in [-0.4, -0.2) is 29.0 Å². The van der Waals surface area contributed by atoms with Crippen molar-refractivity contribution in [1.82, 2.24) is 9.97 Å². The predicted octanol–water partition coefficient (Wildman–Crippen LogP) is 4.14. The molecule has 0 bridgehead atoms. The van der Waals surface area contributed by atoms with Crippen LogP contribution in [0.4, 0.5) is 11.6 Å². The highest BCUT2D eigenvalue weighted by atomic mass is 35.5. The summed E-state index contributed by atoms with van der Waals surface area (Å²) in [5.74, 6) is 0.230. The maximum Gasteiger partial charge on any atom is 0.276 e. The summed E-state index contributed by atoms with van der Waals surface area (Å²) in [5, 5.41) is 5.31. The molecule has 6 heteroatoms. The Kier molecular flexibility index (Phi) is 4.24. The third kappa shape index (κ3) is 3.28. The van der Waals surface area contributed by atoms with Crippen LogP contribution in [0.5, 0.6) is 0 Å². The lowest BCUT2D eigenvalue weighted by Crippen LogP contribution is -2.23. The standard InChI is InChI=1S/C19H17ClN4O/c20-16-12-21-19(24-9-3-4-10-24)23-17(16)18(25)22-15-8-7-13-5-1-2-6-14(13)11-15/h1-2,5-8,11-12H,3-4,9-10H2,(H,22,25). The number of benzene rings is 2. The molecule has 2 aromatic carbocycles. The van der Waals surface area contributed by atoms with Crippen molar-refractivity contribution in [2.24, 2.45) is 0 Å². The second-order valence-corrected chi connectivity index (χ2v) is 6.48. The first kappa shape index (κ1) is 15.8. The Morgan fingerprint density at radius 2 is 1.84 bits per heavy atom. The molecule has 5 nitrogen and oxygen atoms in total. The van der Waals surface area contributed by atoms with Crippen molar-refractivity contribution in [2.45, 2.75) is 12.8 Å². The molecule has 0 atom stereocenters. The van der Waals surface area contributed by atoms with E-state index in [4.69, 9.17) is 11.6 Å². The van der Waals surface area contributed by atoms with Gasteiger partial charge in [0.05, 0.1) is 11.2 Å². The van der Waals surface area contributed by atoms with Crippen LogP contribution in [0.25, 0.3) is 10.8 Å². The number of anilines is 2. The van der Waals surface area contributed by atoms with E-state index in [1.54, 1.807) is 0 Å². The number of hydrogen-bond acceptors (Lipinski definition) is 4. The van der Waals surface area contributed by atoms with Crippen molar-refractivity contribution < 1.29 is 4.79 Å². The smallest absolute Gasteiger partial charge is 0.276 e. The molecule has 0 spiro atoms. The number of hydrogen-bond donors (Lipinski definition) is 1. The molecule has 126 valence electrons. The number of fused-ring (bicyclic) bond motifs is 1. The Bertz CT molecular complexity index is 938. The highest BCUT2D eigenvalue weighted by Crippen LogP contribution is 2.22. The third-order valence-corrected chi connectivity index (χ3v) is 4.62. The molecular formula is C19H17ClN4O. The molecule has 0 aliphatic carbocycles. The third-order valence-electron chi connectivity index (χ3n) is 4.34. The van der Waals surface area contributed by atoms with E-state index in [0.717, 1.165) is 36.7 Å². The number of amides is 1. The molecule has 1 fully saturated rings. The van der Waals surface area contributed by atoms with Crippen LogP contribution in [0.1, 0.15) is 23.3 Å². The van der Waals surface area contributed by atoms with Gasteiger partial charge in [-0.1, -0.05) is 41.9 Å². The molecule has 25 heavy (non-hydrogen) atoms. The topological polar surface area (TPSA) is 58.1 Å². The van der Waals surface area contributed by atoms with Crippen molar-refractivity contribution in [1.29, 1.82) is 0 Å². The van der Waals surface area contributed by atoms with Crippen molar-refractivity contribution in [3.05, 3.63) is 59.4 Å². The van der Waals surface area contributed by atoms with Crippen LogP contribution >= 0.6 is 11.6 Å². The monoisotopic (exact) mass is 352 g/mol. The van der Waals surface area contributed by atoms with Crippen molar-refractivity contribution in [2.75, 3.05) is 23.3 Å². The van der Waals surface area contributed by atoms with Gasteiger partial charge in [-0.3, -0.25) is 4.79 Å². The van der Waals surface area contributed by atoms with E-state index in [1.165, 1.54) is 6.20 Å². The molecule has 4 rings (SSSR count). The summed E-state index contributed by atoms with van der Waals surface area (Å²) in [6.45, 7) is 1.82. The molecule has 1 N–H and O–H groups in total. The van der Waals surface area contributed by atoms with Gasteiger partial charge in [-0.05, 0) is 35.7 Å². The molecule has 0 unspecified atom stereocenters. The van der Waals surface area contributed by atoms with E-state index >= 15 is 0 Å². The van der Waals surface area contributed by atoms with Gasteiger partial charge in [0.2, 0.25) is 5.95 Å². The van der Waals surface area contributed by atoms with Crippen molar-refractivity contribution in [3.8, 4) is 0 Å². The molecule has 2 heterocycles. The molecule has 1 aliphatic heterocycles. The minimum Gasteiger partial charge on any atom is -0.341 e. The number of nitrogens with one attached hydrogen (secondary N) is 1. The number of carbonyl (C=O) groups excluding carboxylic acids is 1.